The SMILES string of the molecule is CCCn1c(N)c(NCc2ccno2)c(=O)n(C)c1=O. The van der Waals surface area contributed by atoms with E-state index in [1.54, 1.807) is 6.07 Å². The summed E-state index contributed by atoms with van der Waals surface area (Å²) in [5.74, 6) is 0.708. The topological polar surface area (TPSA) is 108 Å². The van der Waals surface area contributed by atoms with Gasteiger partial charge in [-0.05, 0) is 6.42 Å². The van der Waals surface area contributed by atoms with Gasteiger partial charge in [-0.15, -0.1) is 0 Å². The molecule has 0 fully saturated rings. The molecule has 0 amide bonds. The predicted octanol–water partition coefficient (Wildman–Crippen LogP) is 0.139. The van der Waals surface area contributed by atoms with Gasteiger partial charge >= 0.3 is 5.69 Å². The van der Waals surface area contributed by atoms with Crippen LogP contribution in [-0.4, -0.2) is 14.3 Å². The molecule has 108 valence electrons. The predicted molar refractivity (Wildman–Crippen MR) is 74.5 cm³/mol. The number of aromatic nitrogens is 3. The van der Waals surface area contributed by atoms with Gasteiger partial charge in [-0.25, -0.2) is 4.79 Å². The second kappa shape index (κ2) is 5.64. The van der Waals surface area contributed by atoms with Crippen molar-refractivity contribution in [2.75, 3.05) is 11.1 Å². The molecule has 2 aromatic rings. The van der Waals surface area contributed by atoms with Crippen LogP contribution in [0.2, 0.25) is 0 Å². The van der Waals surface area contributed by atoms with Crippen LogP contribution in [0.15, 0.2) is 26.4 Å². The number of nitrogens with one attached hydrogen (secondary N) is 1. The van der Waals surface area contributed by atoms with Gasteiger partial charge in [0.25, 0.3) is 5.56 Å². The van der Waals surface area contributed by atoms with Crippen LogP contribution in [0.5, 0.6) is 0 Å². The standard InChI is InChI=1S/C12H17N5O3/c1-3-6-17-10(13)9(11(18)16(2)12(17)19)14-7-8-4-5-15-20-8/h4-5,14H,3,6-7,13H2,1-2H3. The maximum absolute atomic E-state index is 12.1. The Labute approximate surface area is 114 Å². The first kappa shape index (κ1) is 13.9. The summed E-state index contributed by atoms with van der Waals surface area (Å²) in [4.78, 5) is 24.1. The molecule has 0 aromatic carbocycles. The van der Waals surface area contributed by atoms with Crippen molar-refractivity contribution in [3.8, 4) is 0 Å². The van der Waals surface area contributed by atoms with Gasteiger partial charge in [-0.2, -0.15) is 0 Å². The van der Waals surface area contributed by atoms with E-state index in [2.05, 4.69) is 10.5 Å². The maximum Gasteiger partial charge on any atom is 0.332 e. The highest BCUT2D eigenvalue weighted by Gasteiger charge is 2.14. The molecule has 0 aliphatic rings. The number of anilines is 2. The van der Waals surface area contributed by atoms with Crippen LogP contribution in [0.25, 0.3) is 0 Å². The minimum atomic E-state index is -0.459. The second-order valence-corrected chi connectivity index (χ2v) is 4.39. The monoisotopic (exact) mass is 279 g/mol. The smallest absolute Gasteiger partial charge is 0.332 e. The maximum atomic E-state index is 12.1. The zero-order valence-corrected chi connectivity index (χ0v) is 11.4. The Morgan fingerprint density at radius 1 is 1.45 bits per heavy atom. The number of hydrogen-bond acceptors (Lipinski definition) is 6. The normalized spacial score (nSPS) is 10.7. The lowest BCUT2D eigenvalue weighted by molar-refractivity contribution is 0.388. The highest BCUT2D eigenvalue weighted by Crippen LogP contribution is 2.12. The molecule has 8 nitrogen and oxygen atoms in total. The Bertz CT molecular complexity index is 699. The number of nitrogens with two attached hydrogens (primary N) is 1. The number of hydrogen-bond donors (Lipinski definition) is 2. The average molecular weight is 279 g/mol. The summed E-state index contributed by atoms with van der Waals surface area (Å²) in [6.07, 6.45) is 2.25. The lowest BCUT2D eigenvalue weighted by Crippen LogP contribution is -2.40. The Balaban J connectivity index is 2.41. The van der Waals surface area contributed by atoms with E-state index in [-0.39, 0.29) is 18.1 Å². The Morgan fingerprint density at radius 3 is 2.80 bits per heavy atom. The van der Waals surface area contributed by atoms with Crippen molar-refractivity contribution in [1.29, 1.82) is 0 Å². The fourth-order valence-electron chi connectivity index (χ4n) is 1.90. The lowest BCUT2D eigenvalue weighted by atomic mass is 10.3. The molecule has 2 rings (SSSR count). The molecule has 0 aliphatic carbocycles. The second-order valence-electron chi connectivity index (χ2n) is 4.39. The summed E-state index contributed by atoms with van der Waals surface area (Å²) in [6.45, 7) is 2.65. The lowest BCUT2D eigenvalue weighted by Gasteiger charge is -2.14. The van der Waals surface area contributed by atoms with Crippen molar-refractivity contribution in [2.24, 2.45) is 7.05 Å². The highest BCUT2D eigenvalue weighted by atomic mass is 16.5. The van der Waals surface area contributed by atoms with E-state index in [0.29, 0.717) is 12.3 Å². The van der Waals surface area contributed by atoms with Crippen LogP contribution in [0, 0.1) is 0 Å². The van der Waals surface area contributed by atoms with Crippen LogP contribution in [0.3, 0.4) is 0 Å². The summed E-state index contributed by atoms with van der Waals surface area (Å²) >= 11 is 0. The molecule has 0 aliphatic heterocycles. The molecule has 0 bridgehead atoms. The molecule has 2 aromatic heterocycles. The van der Waals surface area contributed by atoms with E-state index in [4.69, 9.17) is 10.3 Å². The molecule has 0 atom stereocenters. The molecule has 0 unspecified atom stereocenters. The quantitative estimate of drug-likeness (QED) is 0.806. The molecule has 0 saturated heterocycles. The zero-order chi connectivity index (χ0) is 14.7. The molecule has 8 heteroatoms. The Morgan fingerprint density at radius 2 is 2.20 bits per heavy atom. The molecule has 0 saturated carbocycles. The first-order valence-corrected chi connectivity index (χ1v) is 6.29. The number of nitrogens with zero attached hydrogens (tertiary/aromatic N) is 3. The van der Waals surface area contributed by atoms with E-state index >= 15 is 0 Å². The fraction of sp³-hybridized carbons (Fsp3) is 0.417. The third-order valence-corrected chi connectivity index (χ3v) is 2.96. The van der Waals surface area contributed by atoms with Crippen LogP contribution >= 0.6 is 0 Å². The van der Waals surface area contributed by atoms with Gasteiger partial charge in [-0.1, -0.05) is 12.1 Å². The highest BCUT2D eigenvalue weighted by molar-refractivity contribution is 5.60. The van der Waals surface area contributed by atoms with Crippen molar-refractivity contribution >= 4 is 11.5 Å². The first-order chi connectivity index (χ1) is 9.56. The molecule has 20 heavy (non-hydrogen) atoms. The molecule has 2 heterocycles. The van der Waals surface area contributed by atoms with E-state index < -0.39 is 11.2 Å². The molecule has 0 spiro atoms. The van der Waals surface area contributed by atoms with Gasteiger partial charge in [-0.3, -0.25) is 13.9 Å². The summed E-state index contributed by atoms with van der Waals surface area (Å²) in [5.41, 5.74) is 5.24. The number of rotatable bonds is 5. The van der Waals surface area contributed by atoms with Crippen LogP contribution in [0.4, 0.5) is 11.5 Å². The third-order valence-electron chi connectivity index (χ3n) is 2.96. The van der Waals surface area contributed by atoms with Crippen molar-refractivity contribution < 1.29 is 4.52 Å². The molecular weight excluding hydrogens is 262 g/mol. The fourth-order valence-corrected chi connectivity index (χ4v) is 1.90. The minimum absolute atomic E-state index is 0.138. The van der Waals surface area contributed by atoms with E-state index in [1.165, 1.54) is 17.8 Å². The summed E-state index contributed by atoms with van der Waals surface area (Å²) in [5, 5.41) is 6.47. The van der Waals surface area contributed by atoms with E-state index in [0.717, 1.165) is 11.0 Å². The molecule has 3 N–H and O–H groups in total. The Kier molecular flexibility index (Phi) is 3.92. The van der Waals surface area contributed by atoms with Gasteiger partial charge < -0.3 is 15.6 Å². The van der Waals surface area contributed by atoms with Crippen molar-refractivity contribution in [1.82, 2.24) is 14.3 Å². The van der Waals surface area contributed by atoms with Crippen molar-refractivity contribution in [3.05, 3.63) is 38.9 Å². The van der Waals surface area contributed by atoms with E-state index in [1.807, 2.05) is 6.92 Å². The van der Waals surface area contributed by atoms with E-state index in [9.17, 15) is 9.59 Å². The average Bonchev–Trinajstić information content (AvgIpc) is 2.94. The van der Waals surface area contributed by atoms with Crippen LogP contribution < -0.4 is 22.3 Å². The Hall–Kier alpha value is -2.51. The molecular formula is C12H17N5O3. The van der Waals surface area contributed by atoms with Gasteiger partial charge in [0.1, 0.15) is 11.5 Å². The molecule has 0 radical (unpaired) electrons. The number of nitrogen functional groups attached to an aromatic ring is 1. The van der Waals surface area contributed by atoms with Gasteiger partial charge in [0.2, 0.25) is 0 Å². The summed E-state index contributed by atoms with van der Waals surface area (Å²) in [7, 11) is 1.43. The summed E-state index contributed by atoms with van der Waals surface area (Å²) in [6, 6.07) is 1.68. The van der Waals surface area contributed by atoms with Gasteiger partial charge in [0.05, 0.1) is 12.7 Å². The third kappa shape index (κ3) is 2.44. The minimum Gasteiger partial charge on any atom is -0.383 e. The van der Waals surface area contributed by atoms with Gasteiger partial charge in [0.15, 0.2) is 5.76 Å². The largest absolute Gasteiger partial charge is 0.383 e. The van der Waals surface area contributed by atoms with Crippen molar-refractivity contribution in [3.63, 3.8) is 0 Å². The summed E-state index contributed by atoms with van der Waals surface area (Å²) < 4.78 is 7.35. The first-order valence-electron chi connectivity index (χ1n) is 6.29. The van der Waals surface area contributed by atoms with Crippen LogP contribution in [0.1, 0.15) is 19.1 Å². The van der Waals surface area contributed by atoms with Crippen LogP contribution in [-0.2, 0) is 20.1 Å². The zero-order valence-electron chi connectivity index (χ0n) is 11.4. The van der Waals surface area contributed by atoms with Gasteiger partial charge in [0, 0.05) is 19.7 Å². The van der Waals surface area contributed by atoms with Crippen molar-refractivity contribution in [2.45, 2.75) is 26.4 Å².